The van der Waals surface area contributed by atoms with Crippen molar-refractivity contribution in [3.63, 3.8) is 0 Å². The first kappa shape index (κ1) is 13.1. The van der Waals surface area contributed by atoms with Gasteiger partial charge in [-0.3, -0.25) is 0 Å². The molecule has 1 atom stereocenters. The molecule has 0 saturated carbocycles. The third-order valence-corrected chi connectivity index (χ3v) is 3.07. The van der Waals surface area contributed by atoms with Crippen molar-refractivity contribution < 1.29 is 9.47 Å². The molecule has 0 amide bonds. The van der Waals surface area contributed by atoms with Crippen molar-refractivity contribution in [2.45, 2.75) is 13.0 Å². The molecule has 0 radical (unpaired) electrons. The number of ether oxygens (including phenoxy) is 2. The Balaban J connectivity index is 2.11. The van der Waals surface area contributed by atoms with Crippen molar-refractivity contribution in [1.29, 1.82) is 0 Å². The van der Waals surface area contributed by atoms with Crippen LogP contribution in [0.5, 0.6) is 5.88 Å². The van der Waals surface area contributed by atoms with E-state index < -0.39 is 0 Å². The van der Waals surface area contributed by atoms with E-state index in [4.69, 9.17) is 9.47 Å². The van der Waals surface area contributed by atoms with E-state index >= 15 is 0 Å². The summed E-state index contributed by atoms with van der Waals surface area (Å²) in [7, 11) is 1.64. The molecule has 0 aromatic carbocycles. The fraction of sp³-hybridized carbons (Fsp3) is 0.615. The number of pyridine rings is 1. The molecular formula is C13H21N3O2. The minimum absolute atomic E-state index is 0.332. The van der Waals surface area contributed by atoms with E-state index in [-0.39, 0.29) is 0 Å². The monoisotopic (exact) mass is 251 g/mol. The van der Waals surface area contributed by atoms with Gasteiger partial charge >= 0.3 is 0 Å². The van der Waals surface area contributed by atoms with Gasteiger partial charge in [-0.2, -0.15) is 4.98 Å². The van der Waals surface area contributed by atoms with Crippen LogP contribution in [0.3, 0.4) is 0 Å². The predicted molar refractivity (Wildman–Crippen MR) is 71.3 cm³/mol. The van der Waals surface area contributed by atoms with Crippen LogP contribution in [0.25, 0.3) is 0 Å². The van der Waals surface area contributed by atoms with E-state index in [1.54, 1.807) is 7.11 Å². The summed E-state index contributed by atoms with van der Waals surface area (Å²) in [6, 6.07) is 6.19. The normalized spacial score (nSPS) is 19.9. The molecule has 1 saturated heterocycles. The highest BCUT2D eigenvalue weighted by Crippen LogP contribution is 2.19. The lowest BCUT2D eigenvalue weighted by molar-refractivity contribution is 0.0934. The van der Waals surface area contributed by atoms with Gasteiger partial charge in [-0.1, -0.05) is 13.0 Å². The Bertz CT molecular complexity index is 373. The lowest BCUT2D eigenvalue weighted by Gasteiger charge is -2.36. The molecular weight excluding hydrogens is 230 g/mol. The number of hydrogen-bond donors (Lipinski definition) is 1. The van der Waals surface area contributed by atoms with E-state index in [0.717, 1.165) is 38.7 Å². The van der Waals surface area contributed by atoms with Crippen molar-refractivity contribution in [2.75, 3.05) is 44.9 Å². The van der Waals surface area contributed by atoms with Crippen LogP contribution in [-0.4, -0.2) is 51.0 Å². The summed E-state index contributed by atoms with van der Waals surface area (Å²) in [5.74, 6) is 1.61. The van der Waals surface area contributed by atoms with Crippen molar-refractivity contribution in [3.05, 3.63) is 18.2 Å². The van der Waals surface area contributed by atoms with Crippen molar-refractivity contribution in [1.82, 2.24) is 10.3 Å². The highest BCUT2D eigenvalue weighted by Gasteiger charge is 2.23. The van der Waals surface area contributed by atoms with Crippen LogP contribution in [-0.2, 0) is 4.74 Å². The molecule has 1 unspecified atom stereocenters. The summed E-state index contributed by atoms with van der Waals surface area (Å²) >= 11 is 0. The van der Waals surface area contributed by atoms with Crippen LogP contribution in [0, 0.1) is 0 Å². The minimum atomic E-state index is 0.332. The number of nitrogens with zero attached hydrogens (tertiary/aromatic N) is 2. The summed E-state index contributed by atoms with van der Waals surface area (Å²) in [6.45, 7) is 6.35. The van der Waals surface area contributed by atoms with Crippen molar-refractivity contribution >= 4 is 5.82 Å². The average Bonchev–Trinajstić information content (AvgIpc) is 2.45. The van der Waals surface area contributed by atoms with E-state index in [0.29, 0.717) is 11.9 Å². The molecule has 1 aliphatic rings. The topological polar surface area (TPSA) is 46.6 Å². The van der Waals surface area contributed by atoms with E-state index in [2.05, 4.69) is 22.1 Å². The molecule has 5 nitrogen and oxygen atoms in total. The second-order valence-electron chi connectivity index (χ2n) is 4.27. The second kappa shape index (κ2) is 6.56. The predicted octanol–water partition coefficient (Wildman–Crippen LogP) is 0.905. The molecule has 2 rings (SSSR count). The van der Waals surface area contributed by atoms with Gasteiger partial charge < -0.3 is 19.7 Å². The Morgan fingerprint density at radius 3 is 3.22 bits per heavy atom. The number of rotatable bonds is 5. The molecule has 1 aromatic rings. The first-order valence-electron chi connectivity index (χ1n) is 6.41. The maximum Gasteiger partial charge on any atom is 0.214 e. The number of hydrogen-bond acceptors (Lipinski definition) is 5. The number of aromatic nitrogens is 1. The van der Waals surface area contributed by atoms with Gasteiger partial charge in [0.25, 0.3) is 0 Å². The third-order valence-electron chi connectivity index (χ3n) is 3.07. The lowest BCUT2D eigenvalue weighted by Crippen LogP contribution is -2.50. The van der Waals surface area contributed by atoms with Gasteiger partial charge in [-0.15, -0.1) is 0 Å². The zero-order valence-corrected chi connectivity index (χ0v) is 11.1. The third kappa shape index (κ3) is 3.11. The number of likely N-dealkylation sites (N-methyl/N-ethyl adjacent to an activating group) is 1. The molecule has 1 aromatic heterocycles. The van der Waals surface area contributed by atoms with Gasteiger partial charge in [0.1, 0.15) is 5.82 Å². The fourth-order valence-electron chi connectivity index (χ4n) is 2.11. The maximum atomic E-state index is 5.55. The maximum absolute atomic E-state index is 5.55. The number of morpholine rings is 1. The smallest absolute Gasteiger partial charge is 0.214 e. The molecule has 5 heteroatoms. The van der Waals surface area contributed by atoms with Crippen LogP contribution in [0.15, 0.2) is 18.2 Å². The van der Waals surface area contributed by atoms with Gasteiger partial charge in [0.15, 0.2) is 0 Å². The summed E-state index contributed by atoms with van der Waals surface area (Å²) in [5.41, 5.74) is 0. The SMILES string of the molecule is CCNCC1COCCN1c1cccc(OC)n1. The largest absolute Gasteiger partial charge is 0.481 e. The Morgan fingerprint density at radius 1 is 1.56 bits per heavy atom. The fourth-order valence-corrected chi connectivity index (χ4v) is 2.11. The first-order valence-corrected chi connectivity index (χ1v) is 6.41. The van der Waals surface area contributed by atoms with Crippen LogP contribution in [0.2, 0.25) is 0 Å². The molecule has 0 bridgehead atoms. The Labute approximate surface area is 108 Å². The number of nitrogens with one attached hydrogen (secondary N) is 1. The van der Waals surface area contributed by atoms with Crippen LogP contribution < -0.4 is 15.0 Å². The molecule has 18 heavy (non-hydrogen) atoms. The highest BCUT2D eigenvalue weighted by molar-refractivity contribution is 5.42. The molecule has 0 spiro atoms. The molecule has 2 heterocycles. The molecule has 1 N–H and O–H groups in total. The van der Waals surface area contributed by atoms with E-state index in [1.807, 2.05) is 18.2 Å². The lowest BCUT2D eigenvalue weighted by atomic mass is 10.2. The highest BCUT2D eigenvalue weighted by atomic mass is 16.5. The summed E-state index contributed by atoms with van der Waals surface area (Å²) in [6.07, 6.45) is 0. The zero-order valence-electron chi connectivity index (χ0n) is 11.1. The van der Waals surface area contributed by atoms with Crippen LogP contribution in [0.4, 0.5) is 5.82 Å². The van der Waals surface area contributed by atoms with Gasteiger partial charge in [0.05, 0.1) is 26.4 Å². The molecule has 1 aliphatic heterocycles. The van der Waals surface area contributed by atoms with Crippen molar-refractivity contribution in [3.8, 4) is 5.88 Å². The van der Waals surface area contributed by atoms with Crippen LogP contribution in [0.1, 0.15) is 6.92 Å². The molecule has 0 aliphatic carbocycles. The summed E-state index contributed by atoms with van der Waals surface area (Å²) < 4.78 is 10.7. The van der Waals surface area contributed by atoms with Crippen LogP contribution >= 0.6 is 0 Å². The van der Waals surface area contributed by atoms with Crippen molar-refractivity contribution in [2.24, 2.45) is 0 Å². The van der Waals surface area contributed by atoms with Gasteiger partial charge in [0.2, 0.25) is 5.88 Å². The minimum Gasteiger partial charge on any atom is -0.481 e. The summed E-state index contributed by atoms with van der Waals surface area (Å²) in [5, 5.41) is 3.37. The average molecular weight is 251 g/mol. The standard InChI is InChI=1S/C13H21N3O2/c1-3-14-9-11-10-18-8-7-16(11)12-5-4-6-13(15-12)17-2/h4-6,11,14H,3,7-10H2,1-2H3. The van der Waals surface area contributed by atoms with Gasteiger partial charge in [0, 0.05) is 19.2 Å². The summed E-state index contributed by atoms with van der Waals surface area (Å²) in [4.78, 5) is 6.78. The molecule has 1 fully saturated rings. The van der Waals surface area contributed by atoms with Gasteiger partial charge in [-0.05, 0) is 12.6 Å². The number of anilines is 1. The Kier molecular flexibility index (Phi) is 4.78. The van der Waals surface area contributed by atoms with Gasteiger partial charge in [-0.25, -0.2) is 0 Å². The number of methoxy groups -OCH3 is 1. The Morgan fingerprint density at radius 2 is 2.44 bits per heavy atom. The molecule has 100 valence electrons. The Hall–Kier alpha value is -1.33. The van der Waals surface area contributed by atoms with E-state index in [1.165, 1.54) is 0 Å². The zero-order chi connectivity index (χ0) is 12.8. The quantitative estimate of drug-likeness (QED) is 0.842. The van der Waals surface area contributed by atoms with E-state index in [9.17, 15) is 0 Å². The second-order valence-corrected chi connectivity index (χ2v) is 4.27. The first-order chi connectivity index (χ1) is 8.85.